The van der Waals surface area contributed by atoms with Crippen molar-refractivity contribution in [3.05, 3.63) is 42.1 Å². The first-order chi connectivity index (χ1) is 11.9. The van der Waals surface area contributed by atoms with Gasteiger partial charge in [0.2, 0.25) is 0 Å². The van der Waals surface area contributed by atoms with Crippen LogP contribution in [-0.2, 0) is 0 Å². The van der Waals surface area contributed by atoms with Gasteiger partial charge in [0.1, 0.15) is 23.9 Å². The van der Waals surface area contributed by atoms with Gasteiger partial charge < -0.3 is 20.1 Å². The molecular formula is C18H24N4O3. The summed E-state index contributed by atoms with van der Waals surface area (Å²) >= 11 is 0. The summed E-state index contributed by atoms with van der Waals surface area (Å²) in [6, 6.07) is 10.7. The molecule has 0 saturated carbocycles. The molecule has 2 aromatic rings. The van der Waals surface area contributed by atoms with Crippen molar-refractivity contribution in [2.45, 2.75) is 26.3 Å². The minimum atomic E-state index is -0.311. The summed E-state index contributed by atoms with van der Waals surface area (Å²) in [5.74, 6) is 1.90. The Bertz CT molecular complexity index is 679. The molecular weight excluding hydrogens is 320 g/mol. The van der Waals surface area contributed by atoms with Crippen molar-refractivity contribution in [2.75, 3.05) is 25.6 Å². The second kappa shape index (κ2) is 8.32. The molecule has 0 radical (unpaired) electrons. The van der Waals surface area contributed by atoms with E-state index in [0.29, 0.717) is 19.0 Å². The van der Waals surface area contributed by atoms with E-state index < -0.39 is 0 Å². The number of carbonyl (C=O) groups excluding carboxylic acids is 1. The molecule has 1 aromatic heterocycles. The van der Waals surface area contributed by atoms with Gasteiger partial charge >= 0.3 is 0 Å². The molecule has 1 heterocycles. The molecule has 0 aliphatic heterocycles. The summed E-state index contributed by atoms with van der Waals surface area (Å²) in [5, 5.41) is 13.9. The van der Waals surface area contributed by atoms with Crippen LogP contribution in [0, 0.1) is 0 Å². The third kappa shape index (κ3) is 6.29. The van der Waals surface area contributed by atoms with Crippen LogP contribution < -0.4 is 20.1 Å². The van der Waals surface area contributed by atoms with Crippen molar-refractivity contribution < 1.29 is 14.3 Å². The summed E-state index contributed by atoms with van der Waals surface area (Å²) in [6.45, 7) is 6.78. The number of rotatable bonds is 7. The van der Waals surface area contributed by atoms with E-state index in [2.05, 4.69) is 20.8 Å². The zero-order valence-electron chi connectivity index (χ0n) is 15.0. The van der Waals surface area contributed by atoms with Gasteiger partial charge in [0, 0.05) is 5.54 Å². The fourth-order valence-corrected chi connectivity index (χ4v) is 1.97. The minimum absolute atomic E-state index is 0.241. The van der Waals surface area contributed by atoms with Crippen LogP contribution in [0.2, 0.25) is 0 Å². The first-order valence-electron chi connectivity index (χ1n) is 8.04. The smallest absolute Gasteiger partial charge is 0.272 e. The highest BCUT2D eigenvalue weighted by Crippen LogP contribution is 2.16. The number of ether oxygens (including phenoxy) is 2. The largest absolute Gasteiger partial charge is 0.497 e. The van der Waals surface area contributed by atoms with E-state index >= 15 is 0 Å². The highest BCUT2D eigenvalue weighted by atomic mass is 16.5. The molecule has 134 valence electrons. The molecule has 0 fully saturated rings. The Hall–Kier alpha value is -2.83. The lowest BCUT2D eigenvalue weighted by molar-refractivity contribution is 0.0913. The highest BCUT2D eigenvalue weighted by molar-refractivity contribution is 5.92. The number of anilines is 1. The summed E-state index contributed by atoms with van der Waals surface area (Å²) in [6.07, 6.45) is 0. The quantitative estimate of drug-likeness (QED) is 0.751. The van der Waals surface area contributed by atoms with Gasteiger partial charge in [-0.1, -0.05) is 0 Å². The number of benzene rings is 1. The number of nitrogens with one attached hydrogen (secondary N) is 2. The predicted octanol–water partition coefficient (Wildman–Crippen LogP) is 2.50. The highest BCUT2D eigenvalue weighted by Gasteiger charge is 2.16. The van der Waals surface area contributed by atoms with Crippen molar-refractivity contribution >= 4 is 11.7 Å². The van der Waals surface area contributed by atoms with Crippen molar-refractivity contribution in [3.8, 4) is 11.5 Å². The molecule has 2 rings (SSSR count). The molecule has 0 atom stereocenters. The zero-order valence-corrected chi connectivity index (χ0v) is 15.0. The summed E-state index contributed by atoms with van der Waals surface area (Å²) in [4.78, 5) is 12.0. The molecule has 1 amide bonds. The first kappa shape index (κ1) is 18.5. The predicted molar refractivity (Wildman–Crippen MR) is 96.2 cm³/mol. The Morgan fingerprint density at radius 2 is 1.72 bits per heavy atom. The third-order valence-electron chi connectivity index (χ3n) is 3.12. The maximum atomic E-state index is 12.0. The van der Waals surface area contributed by atoms with Crippen molar-refractivity contribution in [1.82, 2.24) is 15.5 Å². The van der Waals surface area contributed by atoms with Gasteiger partial charge in [-0.2, -0.15) is 0 Å². The molecule has 7 heteroatoms. The molecule has 0 aliphatic rings. The molecule has 0 saturated heterocycles. The third-order valence-corrected chi connectivity index (χ3v) is 3.12. The van der Waals surface area contributed by atoms with Crippen molar-refractivity contribution in [2.24, 2.45) is 0 Å². The van der Waals surface area contributed by atoms with E-state index in [9.17, 15) is 4.79 Å². The number of nitrogens with zero attached hydrogens (tertiary/aromatic N) is 2. The monoisotopic (exact) mass is 344 g/mol. The molecule has 2 N–H and O–H groups in total. The number of aromatic nitrogens is 2. The SMILES string of the molecule is COc1ccc(OCCNc2ccc(C(=O)NC(C)(C)C)nn2)cc1. The van der Waals surface area contributed by atoms with Crippen LogP contribution in [0.25, 0.3) is 0 Å². The average molecular weight is 344 g/mol. The van der Waals surface area contributed by atoms with Crippen LogP contribution in [0.3, 0.4) is 0 Å². The lowest BCUT2D eigenvalue weighted by Gasteiger charge is -2.19. The van der Waals surface area contributed by atoms with Crippen LogP contribution in [0.4, 0.5) is 5.82 Å². The molecule has 0 aliphatic carbocycles. The standard InChI is InChI=1S/C18H24N4O3/c1-18(2,3)20-17(23)15-9-10-16(22-21-15)19-11-12-25-14-7-5-13(24-4)6-8-14/h5-10H,11-12H2,1-4H3,(H,19,22)(H,20,23). The fraction of sp³-hybridized carbons (Fsp3) is 0.389. The van der Waals surface area contributed by atoms with Gasteiger partial charge in [-0.15, -0.1) is 10.2 Å². The molecule has 0 bridgehead atoms. The topological polar surface area (TPSA) is 85.4 Å². The van der Waals surface area contributed by atoms with Gasteiger partial charge in [-0.3, -0.25) is 4.79 Å². The molecule has 25 heavy (non-hydrogen) atoms. The average Bonchev–Trinajstić information content (AvgIpc) is 2.58. The molecule has 0 unspecified atom stereocenters. The maximum absolute atomic E-state index is 12.0. The number of hydrogen-bond acceptors (Lipinski definition) is 6. The Labute approximate surface area is 147 Å². The Morgan fingerprint density at radius 1 is 1.04 bits per heavy atom. The van der Waals surface area contributed by atoms with Crippen molar-refractivity contribution in [1.29, 1.82) is 0 Å². The normalized spacial score (nSPS) is 10.9. The van der Waals surface area contributed by atoms with Gasteiger partial charge in [0.15, 0.2) is 5.69 Å². The lowest BCUT2D eigenvalue weighted by atomic mass is 10.1. The zero-order chi connectivity index (χ0) is 18.3. The Morgan fingerprint density at radius 3 is 2.28 bits per heavy atom. The van der Waals surface area contributed by atoms with Gasteiger partial charge in [0.25, 0.3) is 5.91 Å². The van der Waals surface area contributed by atoms with Crippen LogP contribution in [0.15, 0.2) is 36.4 Å². The second-order valence-corrected chi connectivity index (χ2v) is 6.46. The van der Waals surface area contributed by atoms with E-state index in [4.69, 9.17) is 9.47 Å². The Kier molecular flexibility index (Phi) is 6.16. The summed E-state index contributed by atoms with van der Waals surface area (Å²) in [7, 11) is 1.62. The number of methoxy groups -OCH3 is 1. The van der Waals surface area contributed by atoms with Crippen LogP contribution in [-0.4, -0.2) is 41.9 Å². The lowest BCUT2D eigenvalue weighted by Crippen LogP contribution is -2.41. The summed E-state index contributed by atoms with van der Waals surface area (Å²) < 4.78 is 10.7. The van der Waals surface area contributed by atoms with Crippen LogP contribution >= 0.6 is 0 Å². The molecule has 7 nitrogen and oxygen atoms in total. The number of amides is 1. The maximum Gasteiger partial charge on any atom is 0.272 e. The van der Waals surface area contributed by atoms with E-state index in [0.717, 1.165) is 11.5 Å². The second-order valence-electron chi connectivity index (χ2n) is 6.46. The van der Waals surface area contributed by atoms with E-state index in [1.165, 1.54) is 0 Å². The van der Waals surface area contributed by atoms with Crippen LogP contribution in [0.5, 0.6) is 11.5 Å². The first-order valence-corrected chi connectivity index (χ1v) is 8.04. The minimum Gasteiger partial charge on any atom is -0.497 e. The van der Waals surface area contributed by atoms with E-state index in [1.54, 1.807) is 19.2 Å². The van der Waals surface area contributed by atoms with Gasteiger partial charge in [-0.25, -0.2) is 0 Å². The fourth-order valence-electron chi connectivity index (χ4n) is 1.97. The number of carbonyl (C=O) groups is 1. The number of hydrogen-bond donors (Lipinski definition) is 2. The molecule has 1 aromatic carbocycles. The molecule has 0 spiro atoms. The van der Waals surface area contributed by atoms with Gasteiger partial charge in [-0.05, 0) is 57.2 Å². The van der Waals surface area contributed by atoms with E-state index in [1.807, 2.05) is 45.0 Å². The van der Waals surface area contributed by atoms with E-state index in [-0.39, 0.29) is 17.1 Å². The Balaban J connectivity index is 1.76. The van der Waals surface area contributed by atoms with Crippen molar-refractivity contribution in [3.63, 3.8) is 0 Å². The summed E-state index contributed by atoms with van der Waals surface area (Å²) in [5.41, 5.74) is -0.0240. The van der Waals surface area contributed by atoms with Crippen LogP contribution in [0.1, 0.15) is 31.3 Å². The van der Waals surface area contributed by atoms with Gasteiger partial charge in [0.05, 0.1) is 13.7 Å².